The summed E-state index contributed by atoms with van der Waals surface area (Å²) in [7, 11) is 1.31. The minimum atomic E-state index is -0.579. The number of ether oxygens (including phenoxy) is 2. The van der Waals surface area contributed by atoms with Gasteiger partial charge in [-0.2, -0.15) is 0 Å². The second-order valence-electron chi connectivity index (χ2n) is 7.85. The van der Waals surface area contributed by atoms with Crippen LogP contribution >= 0.6 is 0 Å². The molecule has 8 heteroatoms. The molecule has 2 amide bonds. The Morgan fingerprint density at radius 2 is 1.81 bits per heavy atom. The summed E-state index contributed by atoms with van der Waals surface area (Å²) in [5, 5.41) is 0. The van der Waals surface area contributed by atoms with E-state index >= 15 is 0 Å². The Morgan fingerprint density at radius 1 is 1.23 bits per heavy atom. The van der Waals surface area contributed by atoms with Gasteiger partial charge in [0.25, 0.3) is 6.47 Å². The van der Waals surface area contributed by atoms with Crippen LogP contribution < -0.4 is 4.90 Å². The number of carbonyl (C=O) groups is 3. The number of hydrogen-bond donors (Lipinski definition) is 0. The van der Waals surface area contributed by atoms with Gasteiger partial charge in [-0.25, -0.2) is 9.78 Å². The minimum absolute atomic E-state index is 0.166. The molecule has 0 aliphatic carbocycles. The lowest BCUT2D eigenvalue weighted by Crippen LogP contribution is -2.38. The number of aryl methyl sites for hydroxylation is 1. The van der Waals surface area contributed by atoms with Crippen LogP contribution in [0.1, 0.15) is 65.9 Å². The van der Waals surface area contributed by atoms with Gasteiger partial charge < -0.3 is 14.4 Å². The van der Waals surface area contributed by atoms with Gasteiger partial charge in [-0.15, -0.1) is 0 Å². The van der Waals surface area contributed by atoms with Crippen molar-refractivity contribution in [1.29, 1.82) is 0 Å². The number of anilines is 1. The van der Waals surface area contributed by atoms with E-state index in [2.05, 4.69) is 9.72 Å². The molecule has 1 aliphatic rings. The summed E-state index contributed by atoms with van der Waals surface area (Å²) in [4.78, 5) is 41.4. The molecule has 1 fully saturated rings. The van der Waals surface area contributed by atoms with Crippen molar-refractivity contribution in [1.82, 2.24) is 9.88 Å². The highest BCUT2D eigenvalue weighted by Crippen LogP contribution is 2.18. The monoisotopic (exact) mass is 437 g/mol. The number of carbonyl (C=O) groups excluding carboxylic acids is 3. The van der Waals surface area contributed by atoms with Gasteiger partial charge in [0.05, 0.1) is 7.11 Å². The van der Waals surface area contributed by atoms with E-state index in [9.17, 15) is 9.59 Å². The summed E-state index contributed by atoms with van der Waals surface area (Å²) >= 11 is 0. The molecule has 1 aromatic heterocycles. The third kappa shape index (κ3) is 12.0. The molecule has 2 heterocycles. The van der Waals surface area contributed by atoms with E-state index < -0.39 is 11.7 Å². The highest BCUT2D eigenvalue weighted by Gasteiger charge is 2.25. The molecular weight excluding hydrogens is 398 g/mol. The van der Waals surface area contributed by atoms with Gasteiger partial charge in [-0.05, 0) is 64.7 Å². The molecule has 0 spiro atoms. The predicted octanol–water partition coefficient (Wildman–Crippen LogP) is 4.35. The number of aromatic nitrogens is 1. The summed E-state index contributed by atoms with van der Waals surface area (Å²) < 4.78 is 9.36. The Morgan fingerprint density at radius 3 is 2.29 bits per heavy atom. The van der Waals surface area contributed by atoms with Gasteiger partial charge in [-0.3, -0.25) is 14.5 Å². The number of nitrogens with zero attached hydrogens (tertiary/aromatic N) is 3. The molecule has 0 bridgehead atoms. The number of likely N-dealkylation sites (tertiary alicyclic amines) is 1. The number of methoxy groups -OCH3 is 1. The number of pyridine rings is 1. The zero-order chi connectivity index (χ0) is 23.9. The van der Waals surface area contributed by atoms with E-state index in [1.54, 1.807) is 6.20 Å². The topological polar surface area (TPSA) is 89.0 Å². The van der Waals surface area contributed by atoms with Gasteiger partial charge >= 0.3 is 6.09 Å². The molecule has 1 aromatic rings. The van der Waals surface area contributed by atoms with Crippen molar-refractivity contribution in [2.75, 3.05) is 31.6 Å². The summed E-state index contributed by atoms with van der Waals surface area (Å²) in [6.07, 6.45) is 4.44. The summed E-state index contributed by atoms with van der Waals surface area (Å²) in [5.41, 5.74) is 0.441. The zero-order valence-corrected chi connectivity index (χ0v) is 20.1. The predicted molar refractivity (Wildman–Crippen MR) is 122 cm³/mol. The lowest BCUT2D eigenvalue weighted by molar-refractivity contribution is -0.130. The molecule has 0 radical (unpaired) electrons. The van der Waals surface area contributed by atoms with E-state index in [1.807, 2.05) is 58.6 Å². The van der Waals surface area contributed by atoms with Crippen molar-refractivity contribution >= 4 is 24.3 Å². The fraction of sp³-hybridized carbons (Fsp3) is 0.652. The van der Waals surface area contributed by atoms with Crippen LogP contribution in [0.2, 0.25) is 0 Å². The van der Waals surface area contributed by atoms with Gasteiger partial charge in [-0.1, -0.05) is 13.8 Å². The van der Waals surface area contributed by atoms with Crippen molar-refractivity contribution in [3.8, 4) is 0 Å². The standard InChI is InChI=1S/C19H29N3O3.C2H4O2.C2H6/c1-15-9-10-20-16(14-15)22(18(24)25-19(2,3)4)13-7-8-17(23)21-11-5-6-12-21;1-4-2-3;1-2/h9-10,14H,5-8,11-13H2,1-4H3;2H,1H3;1-2H3. The zero-order valence-electron chi connectivity index (χ0n) is 20.1. The average Bonchev–Trinajstić information content (AvgIpc) is 3.26. The van der Waals surface area contributed by atoms with Crippen LogP contribution in [0.25, 0.3) is 0 Å². The van der Waals surface area contributed by atoms with Crippen LogP contribution in [0.3, 0.4) is 0 Å². The molecule has 2 rings (SSSR count). The first kappa shape index (κ1) is 28.4. The highest BCUT2D eigenvalue weighted by atomic mass is 16.6. The second kappa shape index (κ2) is 15.2. The molecule has 1 saturated heterocycles. The van der Waals surface area contributed by atoms with Crippen molar-refractivity contribution in [2.45, 2.75) is 72.8 Å². The third-order valence-electron chi connectivity index (χ3n) is 4.12. The maximum absolute atomic E-state index is 12.6. The Bertz CT molecular complexity index is 667. The van der Waals surface area contributed by atoms with Crippen molar-refractivity contribution in [3.05, 3.63) is 23.9 Å². The third-order valence-corrected chi connectivity index (χ3v) is 4.12. The molecular formula is C23H39N3O5. The van der Waals surface area contributed by atoms with Gasteiger partial charge in [0, 0.05) is 32.3 Å². The largest absolute Gasteiger partial charge is 0.471 e. The second-order valence-corrected chi connectivity index (χ2v) is 7.85. The first-order valence-corrected chi connectivity index (χ1v) is 10.9. The SMILES string of the molecule is CC.COC=O.Cc1ccnc(N(CCCC(=O)N2CCCC2)C(=O)OC(C)(C)C)c1. The molecule has 176 valence electrons. The average molecular weight is 438 g/mol. The molecule has 8 nitrogen and oxygen atoms in total. The van der Waals surface area contributed by atoms with Crippen LogP contribution in [0.15, 0.2) is 18.3 Å². The normalized spacial score (nSPS) is 12.5. The fourth-order valence-corrected chi connectivity index (χ4v) is 2.80. The maximum atomic E-state index is 12.6. The van der Waals surface area contributed by atoms with Gasteiger partial charge in [0.2, 0.25) is 5.91 Å². The highest BCUT2D eigenvalue weighted by molar-refractivity contribution is 5.86. The first-order chi connectivity index (χ1) is 14.7. The van der Waals surface area contributed by atoms with E-state index in [-0.39, 0.29) is 5.91 Å². The minimum Gasteiger partial charge on any atom is -0.471 e. The molecule has 31 heavy (non-hydrogen) atoms. The van der Waals surface area contributed by atoms with Crippen molar-refractivity contribution < 1.29 is 23.9 Å². The molecule has 0 unspecified atom stereocenters. The van der Waals surface area contributed by atoms with Gasteiger partial charge in [0.1, 0.15) is 11.4 Å². The maximum Gasteiger partial charge on any atom is 0.416 e. The number of amides is 2. The van der Waals surface area contributed by atoms with E-state index in [4.69, 9.17) is 9.53 Å². The fourth-order valence-electron chi connectivity index (χ4n) is 2.80. The van der Waals surface area contributed by atoms with E-state index in [0.29, 0.717) is 31.7 Å². The van der Waals surface area contributed by atoms with Crippen LogP contribution in [0.5, 0.6) is 0 Å². The molecule has 0 atom stereocenters. The molecule has 1 aliphatic heterocycles. The van der Waals surface area contributed by atoms with Crippen LogP contribution in [0, 0.1) is 6.92 Å². The first-order valence-electron chi connectivity index (χ1n) is 10.9. The van der Waals surface area contributed by atoms with E-state index in [0.717, 1.165) is 31.5 Å². The quantitative estimate of drug-likeness (QED) is 0.615. The lowest BCUT2D eigenvalue weighted by Gasteiger charge is -2.27. The van der Waals surface area contributed by atoms with Crippen LogP contribution in [-0.4, -0.2) is 60.7 Å². The van der Waals surface area contributed by atoms with Crippen LogP contribution in [0.4, 0.5) is 10.6 Å². The Hall–Kier alpha value is -2.64. The number of rotatable bonds is 6. The Balaban J connectivity index is 0.00000134. The summed E-state index contributed by atoms with van der Waals surface area (Å²) in [5.74, 6) is 0.724. The van der Waals surface area contributed by atoms with Crippen LogP contribution in [-0.2, 0) is 19.1 Å². The lowest BCUT2D eigenvalue weighted by atomic mass is 10.2. The molecule has 0 N–H and O–H groups in total. The Labute approximate surface area is 186 Å². The van der Waals surface area contributed by atoms with Crippen molar-refractivity contribution in [2.24, 2.45) is 0 Å². The Kier molecular flexibility index (Phi) is 13.9. The summed E-state index contributed by atoms with van der Waals surface area (Å²) in [6, 6.07) is 3.74. The molecule has 0 saturated carbocycles. The summed E-state index contributed by atoms with van der Waals surface area (Å²) in [6.45, 7) is 14.0. The van der Waals surface area contributed by atoms with Gasteiger partial charge in [0.15, 0.2) is 0 Å². The smallest absolute Gasteiger partial charge is 0.416 e. The molecule has 0 aromatic carbocycles. The van der Waals surface area contributed by atoms with Crippen molar-refractivity contribution in [3.63, 3.8) is 0 Å². The number of hydrogen-bond acceptors (Lipinski definition) is 6. The van der Waals surface area contributed by atoms with E-state index in [1.165, 1.54) is 12.0 Å².